The Morgan fingerprint density at radius 3 is 2.38 bits per heavy atom. The number of hydrogen-bond donors (Lipinski definition) is 0. The van der Waals surface area contributed by atoms with E-state index in [1.54, 1.807) is 28.8 Å². The minimum atomic E-state index is -0.0557. The molecule has 0 saturated carbocycles. The summed E-state index contributed by atoms with van der Waals surface area (Å²) in [6.07, 6.45) is 0. The van der Waals surface area contributed by atoms with E-state index in [-0.39, 0.29) is 5.91 Å². The molecule has 0 aromatic heterocycles. The second-order valence-corrected chi connectivity index (χ2v) is 10.1. The highest BCUT2D eigenvalue weighted by Crippen LogP contribution is 2.50. The number of benzene rings is 3. The number of amidine groups is 1. The number of carbonyl (C=O) groups excluding carboxylic acids is 1. The van der Waals surface area contributed by atoms with Gasteiger partial charge in [0.05, 0.1) is 22.9 Å². The van der Waals surface area contributed by atoms with E-state index in [0.29, 0.717) is 26.7 Å². The van der Waals surface area contributed by atoms with Crippen LogP contribution in [-0.2, 0) is 11.3 Å². The standard InChI is InChI=1S/C24H17Cl2N3OS2/c1-28-19-13-17(26)9-12-20(19)31-23(28)21-22(30)29(14-15-5-3-2-4-6-15)24(32-21)27-18-10-7-16(25)8-11-18/h2-13H,14H2,1H3/b23-21-,27-24?. The average Bonchev–Trinajstić information content (AvgIpc) is 3.27. The number of amides is 1. The first-order valence-electron chi connectivity index (χ1n) is 9.83. The maximum Gasteiger partial charge on any atom is 0.269 e. The van der Waals surface area contributed by atoms with Crippen molar-refractivity contribution in [2.45, 2.75) is 11.4 Å². The molecule has 1 saturated heterocycles. The summed E-state index contributed by atoms with van der Waals surface area (Å²) >= 11 is 15.2. The Bertz CT molecular complexity index is 1260. The molecule has 2 aliphatic rings. The summed E-state index contributed by atoms with van der Waals surface area (Å²) in [6.45, 7) is 0.447. The number of halogens is 2. The van der Waals surface area contributed by atoms with Crippen molar-refractivity contribution in [2.24, 2.45) is 4.99 Å². The van der Waals surface area contributed by atoms with Crippen LogP contribution in [0.2, 0.25) is 10.0 Å². The molecule has 0 spiro atoms. The molecule has 0 radical (unpaired) electrons. The highest BCUT2D eigenvalue weighted by atomic mass is 35.5. The van der Waals surface area contributed by atoms with Crippen LogP contribution in [0.5, 0.6) is 0 Å². The third-order valence-corrected chi connectivity index (χ3v) is 8.01. The molecular formula is C24H17Cl2N3OS2. The van der Waals surface area contributed by atoms with Gasteiger partial charge in [-0.3, -0.25) is 9.69 Å². The third-order valence-electron chi connectivity index (χ3n) is 5.09. The van der Waals surface area contributed by atoms with Gasteiger partial charge in [-0.1, -0.05) is 65.3 Å². The summed E-state index contributed by atoms with van der Waals surface area (Å²) < 4.78 is 0. The predicted molar refractivity (Wildman–Crippen MR) is 136 cm³/mol. The Morgan fingerprint density at radius 1 is 0.906 bits per heavy atom. The smallest absolute Gasteiger partial charge is 0.269 e. The number of thioether (sulfide) groups is 2. The fourth-order valence-electron chi connectivity index (χ4n) is 3.47. The zero-order valence-corrected chi connectivity index (χ0v) is 20.1. The van der Waals surface area contributed by atoms with Crippen molar-refractivity contribution < 1.29 is 4.79 Å². The molecular weight excluding hydrogens is 481 g/mol. The fourth-order valence-corrected chi connectivity index (χ4v) is 6.08. The lowest BCUT2D eigenvalue weighted by Crippen LogP contribution is -2.29. The van der Waals surface area contributed by atoms with E-state index in [1.165, 1.54) is 11.8 Å². The topological polar surface area (TPSA) is 35.9 Å². The Labute approximate surface area is 204 Å². The lowest BCUT2D eigenvalue weighted by Gasteiger charge is -2.17. The lowest BCUT2D eigenvalue weighted by atomic mass is 10.2. The number of nitrogens with zero attached hydrogens (tertiary/aromatic N) is 3. The number of carbonyl (C=O) groups is 1. The molecule has 0 N–H and O–H groups in total. The fraction of sp³-hybridized carbons (Fsp3) is 0.0833. The molecule has 0 atom stereocenters. The molecule has 8 heteroatoms. The van der Waals surface area contributed by atoms with E-state index in [4.69, 9.17) is 28.2 Å². The number of hydrogen-bond acceptors (Lipinski definition) is 5. The van der Waals surface area contributed by atoms with Gasteiger partial charge in [-0.15, -0.1) is 0 Å². The highest BCUT2D eigenvalue weighted by Gasteiger charge is 2.39. The van der Waals surface area contributed by atoms with Crippen LogP contribution in [0.3, 0.4) is 0 Å². The summed E-state index contributed by atoms with van der Waals surface area (Å²) in [7, 11) is 1.96. The SMILES string of the molecule is CN1/C(=C2/SC(=Nc3ccc(Cl)cc3)N(Cc3ccccc3)C2=O)Sc2ccc(Cl)cc21. The van der Waals surface area contributed by atoms with Crippen molar-refractivity contribution in [3.05, 3.63) is 98.3 Å². The summed E-state index contributed by atoms with van der Waals surface area (Å²) in [5, 5.41) is 2.85. The van der Waals surface area contributed by atoms with Crippen molar-refractivity contribution in [2.75, 3.05) is 11.9 Å². The van der Waals surface area contributed by atoms with Gasteiger partial charge in [-0.2, -0.15) is 0 Å². The van der Waals surface area contributed by atoms with E-state index in [2.05, 4.69) is 0 Å². The Morgan fingerprint density at radius 2 is 1.62 bits per heavy atom. The number of aliphatic imine (C=N–C) groups is 1. The van der Waals surface area contributed by atoms with Gasteiger partial charge >= 0.3 is 0 Å². The number of fused-ring (bicyclic) bond motifs is 1. The molecule has 32 heavy (non-hydrogen) atoms. The first-order valence-corrected chi connectivity index (χ1v) is 12.2. The molecule has 1 amide bonds. The van der Waals surface area contributed by atoms with Gasteiger partial charge in [0, 0.05) is 22.0 Å². The van der Waals surface area contributed by atoms with Gasteiger partial charge in [0.2, 0.25) is 0 Å². The molecule has 2 aliphatic heterocycles. The van der Waals surface area contributed by atoms with Crippen LogP contribution in [0.25, 0.3) is 0 Å². The van der Waals surface area contributed by atoms with Gasteiger partial charge in [0.25, 0.3) is 5.91 Å². The monoisotopic (exact) mass is 497 g/mol. The van der Waals surface area contributed by atoms with Crippen LogP contribution in [0.4, 0.5) is 11.4 Å². The summed E-state index contributed by atoms with van der Waals surface area (Å²) in [4.78, 5) is 23.9. The normalized spacial score (nSPS) is 19.2. The summed E-state index contributed by atoms with van der Waals surface area (Å²) in [5.74, 6) is -0.0557. The Hall–Kier alpha value is -2.38. The molecule has 0 aliphatic carbocycles. The first kappa shape index (κ1) is 21.5. The van der Waals surface area contributed by atoms with Crippen LogP contribution in [-0.4, -0.2) is 23.0 Å². The van der Waals surface area contributed by atoms with E-state index < -0.39 is 0 Å². The minimum Gasteiger partial charge on any atom is -0.337 e. The highest BCUT2D eigenvalue weighted by molar-refractivity contribution is 8.19. The zero-order chi connectivity index (χ0) is 22.2. The molecule has 5 rings (SSSR count). The van der Waals surface area contributed by atoms with Crippen molar-refractivity contribution in [3.63, 3.8) is 0 Å². The lowest BCUT2D eigenvalue weighted by molar-refractivity contribution is -0.122. The minimum absolute atomic E-state index is 0.0557. The van der Waals surface area contributed by atoms with E-state index >= 15 is 0 Å². The van der Waals surface area contributed by atoms with Crippen molar-refractivity contribution in [1.82, 2.24) is 4.90 Å². The quantitative estimate of drug-likeness (QED) is 0.359. The second-order valence-electron chi connectivity index (χ2n) is 7.26. The van der Waals surface area contributed by atoms with Gasteiger partial charge in [0.1, 0.15) is 4.91 Å². The third kappa shape index (κ3) is 4.16. The van der Waals surface area contributed by atoms with Gasteiger partial charge in [-0.05, 0) is 59.8 Å². The number of rotatable bonds is 3. The molecule has 3 aromatic rings. The first-order chi connectivity index (χ1) is 15.5. The van der Waals surface area contributed by atoms with Gasteiger partial charge in [-0.25, -0.2) is 4.99 Å². The van der Waals surface area contributed by atoms with E-state index in [9.17, 15) is 4.79 Å². The Balaban J connectivity index is 1.55. The second kappa shape index (κ2) is 8.87. The van der Waals surface area contributed by atoms with Crippen molar-refractivity contribution >= 4 is 69.2 Å². The maximum absolute atomic E-state index is 13.6. The molecule has 3 aromatic carbocycles. The molecule has 0 unspecified atom stereocenters. The molecule has 4 nitrogen and oxygen atoms in total. The van der Waals surface area contributed by atoms with E-state index in [1.807, 2.05) is 72.6 Å². The van der Waals surface area contributed by atoms with Crippen LogP contribution < -0.4 is 4.90 Å². The van der Waals surface area contributed by atoms with Crippen molar-refractivity contribution in [3.8, 4) is 0 Å². The average molecular weight is 498 g/mol. The zero-order valence-electron chi connectivity index (χ0n) is 17.0. The summed E-state index contributed by atoms with van der Waals surface area (Å²) in [5.41, 5.74) is 2.78. The predicted octanol–water partition coefficient (Wildman–Crippen LogP) is 7.17. The molecule has 1 fully saturated rings. The van der Waals surface area contributed by atoms with Crippen LogP contribution in [0.15, 0.2) is 92.6 Å². The van der Waals surface area contributed by atoms with Crippen LogP contribution >= 0.6 is 46.7 Å². The van der Waals surface area contributed by atoms with Crippen LogP contribution in [0.1, 0.15) is 5.56 Å². The molecule has 0 bridgehead atoms. The maximum atomic E-state index is 13.6. The molecule has 160 valence electrons. The Kier molecular flexibility index (Phi) is 5.95. The van der Waals surface area contributed by atoms with E-state index in [0.717, 1.165) is 26.9 Å². The van der Waals surface area contributed by atoms with Gasteiger partial charge < -0.3 is 4.90 Å². The van der Waals surface area contributed by atoms with Gasteiger partial charge in [0.15, 0.2) is 5.17 Å². The van der Waals surface area contributed by atoms with Crippen LogP contribution in [0, 0.1) is 0 Å². The number of anilines is 1. The summed E-state index contributed by atoms with van der Waals surface area (Å²) in [6, 6.07) is 23.0. The largest absolute Gasteiger partial charge is 0.337 e. The molecule has 2 heterocycles. The van der Waals surface area contributed by atoms with Crippen molar-refractivity contribution in [1.29, 1.82) is 0 Å².